The number of halogens is 1. The van der Waals surface area contributed by atoms with Crippen LogP contribution in [0.15, 0.2) is 17.3 Å². The summed E-state index contributed by atoms with van der Waals surface area (Å²) in [7, 11) is 1.79. The van der Waals surface area contributed by atoms with Crippen molar-refractivity contribution >= 4 is 29.9 Å². The number of guanidine groups is 1. The van der Waals surface area contributed by atoms with Crippen LogP contribution in [0.5, 0.6) is 0 Å². The lowest BCUT2D eigenvalue weighted by Gasteiger charge is -2.16. The summed E-state index contributed by atoms with van der Waals surface area (Å²) in [6.07, 6.45) is 4.14. The smallest absolute Gasteiger partial charge is 0.191 e. The van der Waals surface area contributed by atoms with Crippen LogP contribution in [0.25, 0.3) is 0 Å². The number of aliphatic imine (C=N–C) groups is 1. The third kappa shape index (κ3) is 6.23. The standard InChI is InChI=1S/C12H23N5.HI/c1-4-10(5-2)8-14-12(13-3)15-9-11-6-7-16-17-11;/h6-7,10H,4-5,8-9H2,1-3H3,(H,16,17)(H2,13,14,15);1H. The summed E-state index contributed by atoms with van der Waals surface area (Å²) in [4.78, 5) is 4.19. The molecule has 104 valence electrons. The van der Waals surface area contributed by atoms with E-state index in [0.29, 0.717) is 12.5 Å². The van der Waals surface area contributed by atoms with Crippen molar-refractivity contribution < 1.29 is 0 Å². The van der Waals surface area contributed by atoms with Crippen LogP contribution in [0.3, 0.4) is 0 Å². The van der Waals surface area contributed by atoms with Crippen LogP contribution in [0, 0.1) is 5.92 Å². The third-order valence-electron chi connectivity index (χ3n) is 2.94. The quantitative estimate of drug-likeness (QED) is 0.411. The zero-order chi connectivity index (χ0) is 12.5. The lowest BCUT2D eigenvalue weighted by Crippen LogP contribution is -2.39. The number of hydrogen-bond donors (Lipinski definition) is 3. The van der Waals surface area contributed by atoms with Gasteiger partial charge in [-0.3, -0.25) is 10.1 Å². The molecule has 0 unspecified atom stereocenters. The highest BCUT2D eigenvalue weighted by Gasteiger charge is 2.04. The van der Waals surface area contributed by atoms with E-state index in [1.54, 1.807) is 13.2 Å². The van der Waals surface area contributed by atoms with Gasteiger partial charge in [-0.05, 0) is 12.0 Å². The summed E-state index contributed by atoms with van der Waals surface area (Å²) in [5, 5.41) is 13.4. The molecule has 6 heteroatoms. The molecule has 0 aliphatic rings. The fourth-order valence-corrected chi connectivity index (χ4v) is 1.60. The van der Waals surface area contributed by atoms with Crippen molar-refractivity contribution in [2.24, 2.45) is 10.9 Å². The van der Waals surface area contributed by atoms with E-state index in [1.807, 2.05) is 6.07 Å². The Kier molecular flexibility index (Phi) is 9.72. The molecule has 0 amide bonds. The van der Waals surface area contributed by atoms with Crippen LogP contribution in [0.2, 0.25) is 0 Å². The van der Waals surface area contributed by atoms with Crippen LogP contribution in [-0.2, 0) is 6.54 Å². The molecule has 18 heavy (non-hydrogen) atoms. The monoisotopic (exact) mass is 365 g/mol. The van der Waals surface area contributed by atoms with Gasteiger partial charge in [0.15, 0.2) is 5.96 Å². The maximum absolute atomic E-state index is 4.19. The molecule has 1 heterocycles. The Morgan fingerprint density at radius 1 is 1.39 bits per heavy atom. The SMILES string of the molecule is CCC(CC)CNC(=NC)NCc1ccn[nH]1.I. The van der Waals surface area contributed by atoms with Crippen molar-refractivity contribution in [3.05, 3.63) is 18.0 Å². The summed E-state index contributed by atoms with van der Waals surface area (Å²) in [6, 6.07) is 1.95. The van der Waals surface area contributed by atoms with E-state index in [0.717, 1.165) is 18.2 Å². The van der Waals surface area contributed by atoms with Gasteiger partial charge < -0.3 is 10.6 Å². The summed E-state index contributed by atoms with van der Waals surface area (Å²) in [5.41, 5.74) is 1.05. The van der Waals surface area contributed by atoms with E-state index < -0.39 is 0 Å². The van der Waals surface area contributed by atoms with Gasteiger partial charge in [-0.1, -0.05) is 26.7 Å². The molecule has 0 bridgehead atoms. The predicted octanol–water partition coefficient (Wildman–Crippen LogP) is 2.13. The molecule has 0 aromatic carbocycles. The minimum absolute atomic E-state index is 0. The molecule has 0 atom stereocenters. The normalized spacial score (nSPS) is 11.2. The molecule has 0 spiro atoms. The first-order valence-corrected chi connectivity index (χ1v) is 6.22. The number of H-pyrrole nitrogens is 1. The number of nitrogens with zero attached hydrogens (tertiary/aromatic N) is 2. The van der Waals surface area contributed by atoms with Crippen LogP contribution in [0.1, 0.15) is 32.4 Å². The molecule has 0 saturated heterocycles. The van der Waals surface area contributed by atoms with E-state index >= 15 is 0 Å². The summed E-state index contributed by atoms with van der Waals surface area (Å²) in [5.74, 6) is 1.55. The summed E-state index contributed by atoms with van der Waals surface area (Å²) in [6.45, 7) is 6.12. The molecule has 0 saturated carbocycles. The van der Waals surface area contributed by atoms with Crippen molar-refractivity contribution in [2.45, 2.75) is 33.2 Å². The van der Waals surface area contributed by atoms with Gasteiger partial charge in [0.1, 0.15) is 0 Å². The Bertz CT molecular complexity index is 319. The van der Waals surface area contributed by atoms with Crippen molar-refractivity contribution in [1.29, 1.82) is 0 Å². The summed E-state index contributed by atoms with van der Waals surface area (Å²) >= 11 is 0. The first-order valence-electron chi connectivity index (χ1n) is 6.22. The van der Waals surface area contributed by atoms with E-state index in [9.17, 15) is 0 Å². The number of aromatic nitrogens is 2. The Labute approximate surface area is 126 Å². The summed E-state index contributed by atoms with van der Waals surface area (Å²) < 4.78 is 0. The van der Waals surface area contributed by atoms with Crippen LogP contribution in [0.4, 0.5) is 0 Å². The third-order valence-corrected chi connectivity index (χ3v) is 2.94. The van der Waals surface area contributed by atoms with Gasteiger partial charge in [0.2, 0.25) is 0 Å². The second-order valence-electron chi connectivity index (χ2n) is 4.07. The van der Waals surface area contributed by atoms with Crippen molar-refractivity contribution in [1.82, 2.24) is 20.8 Å². The van der Waals surface area contributed by atoms with Gasteiger partial charge in [0, 0.05) is 19.8 Å². The number of rotatable bonds is 6. The highest BCUT2D eigenvalue weighted by atomic mass is 127. The van der Waals surface area contributed by atoms with E-state index in [1.165, 1.54) is 12.8 Å². The number of aromatic amines is 1. The van der Waals surface area contributed by atoms with E-state index in [-0.39, 0.29) is 24.0 Å². The molecule has 0 aliphatic carbocycles. The minimum atomic E-state index is 0. The molecule has 1 aromatic heterocycles. The molecular weight excluding hydrogens is 341 g/mol. The molecule has 1 aromatic rings. The average molecular weight is 365 g/mol. The molecular formula is C12H24IN5. The lowest BCUT2D eigenvalue weighted by atomic mass is 10.0. The second kappa shape index (κ2) is 10.2. The fraction of sp³-hybridized carbons (Fsp3) is 0.667. The van der Waals surface area contributed by atoms with Crippen molar-refractivity contribution in [2.75, 3.05) is 13.6 Å². The van der Waals surface area contributed by atoms with Crippen LogP contribution in [-0.4, -0.2) is 29.7 Å². The van der Waals surface area contributed by atoms with Crippen LogP contribution < -0.4 is 10.6 Å². The van der Waals surface area contributed by atoms with E-state index in [2.05, 4.69) is 39.7 Å². The number of hydrogen-bond acceptors (Lipinski definition) is 2. The maximum atomic E-state index is 4.19. The molecule has 0 radical (unpaired) electrons. The molecule has 0 aliphatic heterocycles. The molecule has 5 nitrogen and oxygen atoms in total. The maximum Gasteiger partial charge on any atom is 0.191 e. The largest absolute Gasteiger partial charge is 0.356 e. The molecule has 1 rings (SSSR count). The minimum Gasteiger partial charge on any atom is -0.356 e. The van der Waals surface area contributed by atoms with Gasteiger partial charge in [-0.25, -0.2) is 0 Å². The second-order valence-corrected chi connectivity index (χ2v) is 4.07. The zero-order valence-electron chi connectivity index (χ0n) is 11.4. The van der Waals surface area contributed by atoms with Gasteiger partial charge >= 0.3 is 0 Å². The highest BCUT2D eigenvalue weighted by molar-refractivity contribution is 14.0. The molecule has 3 N–H and O–H groups in total. The van der Waals surface area contributed by atoms with E-state index in [4.69, 9.17) is 0 Å². The van der Waals surface area contributed by atoms with Gasteiger partial charge in [0.25, 0.3) is 0 Å². The zero-order valence-corrected chi connectivity index (χ0v) is 13.7. The van der Waals surface area contributed by atoms with Gasteiger partial charge in [-0.15, -0.1) is 24.0 Å². The van der Waals surface area contributed by atoms with Crippen molar-refractivity contribution in [3.63, 3.8) is 0 Å². The number of nitrogens with one attached hydrogen (secondary N) is 3. The van der Waals surface area contributed by atoms with Gasteiger partial charge in [-0.2, -0.15) is 5.10 Å². The average Bonchev–Trinajstić information content (AvgIpc) is 2.87. The van der Waals surface area contributed by atoms with Crippen molar-refractivity contribution in [3.8, 4) is 0 Å². The Hall–Kier alpha value is -0.790. The first-order chi connectivity index (χ1) is 8.30. The lowest BCUT2D eigenvalue weighted by molar-refractivity contribution is 0.481. The fourth-order valence-electron chi connectivity index (χ4n) is 1.60. The van der Waals surface area contributed by atoms with Gasteiger partial charge in [0.05, 0.1) is 12.2 Å². The molecule has 0 fully saturated rings. The topological polar surface area (TPSA) is 65.1 Å². The Morgan fingerprint density at radius 3 is 2.61 bits per heavy atom. The van der Waals surface area contributed by atoms with Crippen LogP contribution >= 0.6 is 24.0 Å². The Morgan fingerprint density at radius 2 is 2.11 bits per heavy atom. The first kappa shape index (κ1) is 17.2. The Balaban J connectivity index is 0.00000289. The highest BCUT2D eigenvalue weighted by Crippen LogP contribution is 2.04. The predicted molar refractivity (Wildman–Crippen MR) is 86.3 cm³/mol.